The molecule has 1 unspecified atom stereocenters. The summed E-state index contributed by atoms with van der Waals surface area (Å²) < 4.78 is 27.8. The van der Waals surface area contributed by atoms with E-state index in [9.17, 15) is 13.6 Å². The fraction of sp³-hybridized carbons (Fsp3) is 0.300. The maximum absolute atomic E-state index is 13.9. The first-order valence-corrected chi connectivity index (χ1v) is 11.9. The van der Waals surface area contributed by atoms with Crippen LogP contribution in [0.4, 0.5) is 14.5 Å². The second-order valence-electron chi connectivity index (χ2n) is 8.13. The van der Waals surface area contributed by atoms with Crippen molar-refractivity contribution in [1.29, 1.82) is 5.41 Å². The lowest BCUT2D eigenvalue weighted by atomic mass is 9.84. The van der Waals surface area contributed by atoms with Crippen molar-refractivity contribution in [1.82, 2.24) is 0 Å². The molecule has 3 aromatic rings. The van der Waals surface area contributed by atoms with Gasteiger partial charge in [-0.2, -0.15) is 0 Å². The monoisotopic (exact) mass is 512 g/mol. The van der Waals surface area contributed by atoms with Crippen LogP contribution in [-0.4, -0.2) is 30.4 Å². The predicted octanol–water partition coefficient (Wildman–Crippen LogP) is 7.47. The second kappa shape index (κ2) is 16.7. The number of anilines is 1. The summed E-state index contributed by atoms with van der Waals surface area (Å²) in [5.41, 5.74) is 5.25. The summed E-state index contributed by atoms with van der Waals surface area (Å²) in [6.45, 7) is 13.3. The lowest BCUT2D eigenvalue weighted by molar-refractivity contribution is -0.119. The Bertz CT molecular complexity index is 1070. The highest BCUT2D eigenvalue weighted by molar-refractivity contribution is 5.95. The van der Waals surface area contributed by atoms with Crippen LogP contribution in [0.25, 0.3) is 0 Å². The van der Waals surface area contributed by atoms with Crippen LogP contribution in [0.15, 0.2) is 66.7 Å². The molecule has 0 aromatic heterocycles. The number of aromatic hydroxyl groups is 1. The van der Waals surface area contributed by atoms with Gasteiger partial charge in [-0.1, -0.05) is 74.0 Å². The molecular weight excluding hydrogens is 474 g/mol. The molecule has 0 spiro atoms. The average molecular weight is 513 g/mol. The molecule has 1 aliphatic heterocycles. The Morgan fingerprint density at radius 1 is 0.973 bits per heavy atom. The Kier molecular flexibility index (Phi) is 15.0. The number of alkyl halides is 2. The second-order valence-corrected chi connectivity index (χ2v) is 8.13. The molecule has 1 atom stereocenters. The van der Waals surface area contributed by atoms with Crippen LogP contribution in [-0.2, 0) is 16.0 Å². The van der Waals surface area contributed by atoms with E-state index in [1.165, 1.54) is 5.56 Å². The summed E-state index contributed by atoms with van der Waals surface area (Å²) in [5.74, 6) is -3.97. The Hall–Kier alpha value is -3.87. The summed E-state index contributed by atoms with van der Waals surface area (Å²) in [5, 5.41) is 17.1. The number of phenolic OH excluding ortho intramolecular Hbond substituents is 1. The number of aryl methyl sites for hydroxylation is 2. The van der Waals surface area contributed by atoms with Gasteiger partial charge in [0, 0.05) is 12.1 Å². The number of amides is 1. The first-order valence-electron chi connectivity index (χ1n) is 11.9. The Morgan fingerprint density at radius 3 is 2.00 bits per heavy atom. The third-order valence-electron chi connectivity index (χ3n) is 5.41. The van der Waals surface area contributed by atoms with E-state index in [1.807, 2.05) is 83.0 Å². The summed E-state index contributed by atoms with van der Waals surface area (Å²) in [7, 11) is 0. The molecule has 4 rings (SSSR count). The van der Waals surface area contributed by atoms with Gasteiger partial charge in [0.15, 0.2) is 0 Å². The molecule has 3 N–H and O–H groups in total. The maximum atomic E-state index is 13.9. The molecule has 37 heavy (non-hydrogen) atoms. The van der Waals surface area contributed by atoms with Crippen LogP contribution in [0.5, 0.6) is 5.75 Å². The Morgan fingerprint density at radius 2 is 1.51 bits per heavy atom. The molecule has 200 valence electrons. The van der Waals surface area contributed by atoms with Crippen molar-refractivity contribution in [2.75, 3.05) is 5.32 Å². The van der Waals surface area contributed by atoms with Crippen LogP contribution in [0.3, 0.4) is 0 Å². The van der Waals surface area contributed by atoms with Crippen molar-refractivity contribution in [3.63, 3.8) is 0 Å². The molecule has 0 bridgehead atoms. The van der Waals surface area contributed by atoms with Crippen LogP contribution in [0, 0.1) is 19.3 Å². The van der Waals surface area contributed by atoms with E-state index < -0.39 is 11.8 Å². The van der Waals surface area contributed by atoms with Crippen molar-refractivity contribution in [2.24, 2.45) is 0 Å². The van der Waals surface area contributed by atoms with E-state index >= 15 is 0 Å². The smallest absolute Gasteiger partial charge is 0.252 e. The first kappa shape index (κ1) is 33.1. The molecule has 0 radical (unpaired) electrons. The van der Waals surface area contributed by atoms with Gasteiger partial charge in [0.25, 0.3) is 5.92 Å². The van der Waals surface area contributed by atoms with Gasteiger partial charge in [-0.25, -0.2) is 8.78 Å². The van der Waals surface area contributed by atoms with Crippen molar-refractivity contribution < 1.29 is 23.5 Å². The van der Waals surface area contributed by atoms with E-state index in [0.29, 0.717) is 23.4 Å². The number of benzene rings is 3. The lowest BCUT2D eigenvalue weighted by Crippen LogP contribution is -2.32. The van der Waals surface area contributed by atoms with Gasteiger partial charge >= 0.3 is 0 Å². The molecule has 7 heteroatoms. The van der Waals surface area contributed by atoms with E-state index in [4.69, 9.17) is 15.3 Å². The highest BCUT2D eigenvalue weighted by atomic mass is 19.3. The predicted molar refractivity (Wildman–Crippen MR) is 148 cm³/mol. The molecule has 1 aliphatic rings. The minimum Gasteiger partial charge on any atom is -0.508 e. The lowest BCUT2D eigenvalue weighted by Gasteiger charge is -2.30. The summed E-state index contributed by atoms with van der Waals surface area (Å²) >= 11 is 0. The van der Waals surface area contributed by atoms with Gasteiger partial charge in [-0.05, 0) is 68.3 Å². The largest absolute Gasteiger partial charge is 0.508 e. The molecule has 0 aliphatic carbocycles. The van der Waals surface area contributed by atoms with E-state index in [2.05, 4.69) is 12.0 Å². The summed E-state index contributed by atoms with van der Waals surface area (Å²) in [6.07, 6.45) is 0.508. The molecule has 1 amide bonds. The number of carbonyl (C=O) groups is 2. The van der Waals surface area contributed by atoms with Crippen molar-refractivity contribution in [2.45, 2.75) is 59.3 Å². The Labute approximate surface area is 219 Å². The third-order valence-corrected chi connectivity index (χ3v) is 5.41. The van der Waals surface area contributed by atoms with Crippen LogP contribution in [0.2, 0.25) is 0 Å². The zero-order valence-corrected chi connectivity index (χ0v) is 22.3. The zero-order valence-electron chi connectivity index (χ0n) is 22.3. The number of carbonyl (C=O) groups excluding carboxylic acids is 2. The molecular formula is C30H38F2N2O3. The molecule has 1 heterocycles. The van der Waals surface area contributed by atoms with Crippen molar-refractivity contribution >= 4 is 25.1 Å². The highest BCUT2D eigenvalue weighted by Crippen LogP contribution is 2.42. The summed E-state index contributed by atoms with van der Waals surface area (Å²) in [6, 6.07) is 20.8. The van der Waals surface area contributed by atoms with Gasteiger partial charge in [0.2, 0.25) is 5.91 Å². The quantitative estimate of drug-likeness (QED) is 0.318. The van der Waals surface area contributed by atoms with Crippen molar-refractivity contribution in [3.8, 4) is 5.75 Å². The minimum absolute atomic E-state index is 0.176. The summed E-state index contributed by atoms with van der Waals surface area (Å²) in [4.78, 5) is 19.6. The van der Waals surface area contributed by atoms with E-state index in [1.54, 1.807) is 18.2 Å². The molecule has 0 saturated heterocycles. The number of fused-ring (bicyclic) bond motifs is 1. The number of rotatable bonds is 3. The van der Waals surface area contributed by atoms with E-state index in [-0.39, 0.29) is 12.3 Å². The van der Waals surface area contributed by atoms with Crippen LogP contribution in [0.1, 0.15) is 60.9 Å². The number of phenols is 1. The normalized spacial score (nSPS) is 13.3. The fourth-order valence-corrected chi connectivity index (χ4v) is 3.58. The van der Waals surface area contributed by atoms with Gasteiger partial charge in [-0.3, -0.25) is 4.79 Å². The topological polar surface area (TPSA) is 90.2 Å². The number of hydrogen-bond acceptors (Lipinski definition) is 4. The van der Waals surface area contributed by atoms with Gasteiger partial charge in [0.1, 0.15) is 12.5 Å². The van der Waals surface area contributed by atoms with Crippen molar-refractivity contribution in [3.05, 3.63) is 94.5 Å². The van der Waals surface area contributed by atoms with Crippen LogP contribution < -0.4 is 5.32 Å². The molecule has 5 nitrogen and oxygen atoms in total. The number of para-hydroxylation sites is 1. The maximum Gasteiger partial charge on any atom is 0.252 e. The zero-order chi connectivity index (χ0) is 28.6. The Balaban J connectivity index is 0.000000773. The molecule has 3 aromatic carbocycles. The van der Waals surface area contributed by atoms with E-state index in [0.717, 1.165) is 23.6 Å². The van der Waals surface area contributed by atoms with Gasteiger partial charge in [-0.15, -0.1) is 0 Å². The molecule has 0 saturated carbocycles. The number of nitrogens with one attached hydrogen (secondary N) is 2. The number of hydrogen-bond donors (Lipinski definition) is 3. The highest BCUT2D eigenvalue weighted by Gasteiger charge is 2.40. The van der Waals surface area contributed by atoms with Gasteiger partial charge in [0.05, 0.1) is 5.92 Å². The first-order chi connectivity index (χ1) is 17.6. The molecule has 0 fully saturated rings. The number of halogens is 2. The SMILES string of the molecule is C=N.C=O.CC.Cc1ccc(Cc2ccc3c(c2)C(C(C)(F)F)CC(=O)N3)cc1.Cc1ccccc1O. The average Bonchev–Trinajstić information content (AvgIpc) is 2.90. The third kappa shape index (κ3) is 10.7. The standard InChI is InChI=1S/C19H19F2NO.C7H8O.C2H6.CH3N.CH2O/c1-12-3-5-13(6-4-12)9-14-7-8-17-15(10-14)16(19(2,20)21)11-18(23)22-17;1-6-4-2-3-5-7(6)8;3*1-2/h3-8,10,16H,9,11H2,1-2H3,(H,22,23);2-5,8H,1H3;1-2H3;2H,1H2;1H2. The van der Waals surface area contributed by atoms with Gasteiger partial charge < -0.3 is 20.6 Å². The van der Waals surface area contributed by atoms with Crippen LogP contribution >= 0.6 is 0 Å². The fourth-order valence-electron chi connectivity index (χ4n) is 3.58. The minimum atomic E-state index is -2.92.